The third-order valence-corrected chi connectivity index (χ3v) is 2.81. The molecular formula is C11H9NO4S. The van der Waals surface area contributed by atoms with Crippen LogP contribution in [0.2, 0.25) is 0 Å². The molecule has 1 N–H and O–H groups in total. The van der Waals surface area contributed by atoms with Crippen molar-refractivity contribution in [1.82, 2.24) is 4.98 Å². The van der Waals surface area contributed by atoms with Crippen molar-refractivity contribution in [2.45, 2.75) is 4.90 Å². The Morgan fingerprint density at radius 1 is 1.06 bits per heavy atom. The molecule has 0 saturated carbocycles. The first-order valence-electron chi connectivity index (χ1n) is 4.72. The molecule has 0 amide bonds. The van der Waals surface area contributed by atoms with E-state index in [0.29, 0.717) is 5.75 Å². The Labute approximate surface area is 98.5 Å². The van der Waals surface area contributed by atoms with Gasteiger partial charge in [-0.2, -0.15) is 8.42 Å². The molecule has 0 spiro atoms. The first kappa shape index (κ1) is 11.6. The third-order valence-electron chi connectivity index (χ3n) is 1.97. The van der Waals surface area contributed by atoms with Gasteiger partial charge in [-0.25, -0.2) is 4.98 Å². The molecule has 1 aromatic heterocycles. The molecule has 0 saturated heterocycles. The quantitative estimate of drug-likeness (QED) is 0.845. The van der Waals surface area contributed by atoms with Gasteiger partial charge < -0.3 is 4.74 Å². The van der Waals surface area contributed by atoms with Gasteiger partial charge in [0.1, 0.15) is 10.6 Å². The van der Waals surface area contributed by atoms with Gasteiger partial charge in [-0.1, -0.05) is 18.2 Å². The van der Waals surface area contributed by atoms with Crippen molar-refractivity contribution in [3.05, 3.63) is 48.7 Å². The van der Waals surface area contributed by atoms with Crippen LogP contribution >= 0.6 is 0 Å². The number of benzene rings is 1. The molecule has 5 nitrogen and oxygen atoms in total. The fraction of sp³-hybridized carbons (Fsp3) is 0. The summed E-state index contributed by atoms with van der Waals surface area (Å²) in [4.78, 5) is 3.51. The molecule has 88 valence electrons. The molecule has 0 radical (unpaired) electrons. The average Bonchev–Trinajstić information content (AvgIpc) is 2.30. The molecule has 1 aromatic carbocycles. The van der Waals surface area contributed by atoms with Gasteiger partial charge in [-0.15, -0.1) is 0 Å². The third kappa shape index (κ3) is 3.02. The van der Waals surface area contributed by atoms with Gasteiger partial charge in [0.2, 0.25) is 5.88 Å². The summed E-state index contributed by atoms with van der Waals surface area (Å²) < 4.78 is 35.7. The monoisotopic (exact) mass is 251 g/mol. The lowest BCUT2D eigenvalue weighted by Gasteiger charge is -2.04. The second kappa shape index (κ2) is 4.52. The Kier molecular flexibility index (Phi) is 3.08. The molecule has 1 heterocycles. The van der Waals surface area contributed by atoms with Gasteiger partial charge in [0, 0.05) is 6.07 Å². The lowest BCUT2D eigenvalue weighted by atomic mass is 10.3. The average molecular weight is 251 g/mol. The van der Waals surface area contributed by atoms with Gasteiger partial charge >= 0.3 is 0 Å². The molecule has 0 aliphatic carbocycles. The lowest BCUT2D eigenvalue weighted by Crippen LogP contribution is -1.98. The molecule has 17 heavy (non-hydrogen) atoms. The first-order chi connectivity index (χ1) is 8.05. The maximum Gasteiger partial charge on any atom is 0.296 e. The number of nitrogens with zero attached hydrogens (tertiary/aromatic N) is 1. The van der Waals surface area contributed by atoms with E-state index < -0.39 is 10.1 Å². The van der Waals surface area contributed by atoms with Crippen LogP contribution in [0.15, 0.2) is 53.6 Å². The summed E-state index contributed by atoms with van der Waals surface area (Å²) in [6, 6.07) is 11.6. The van der Waals surface area contributed by atoms with Crippen LogP contribution in [0.3, 0.4) is 0 Å². The fourth-order valence-electron chi connectivity index (χ4n) is 1.19. The van der Waals surface area contributed by atoms with E-state index in [9.17, 15) is 8.42 Å². The van der Waals surface area contributed by atoms with Crippen molar-refractivity contribution in [3.8, 4) is 11.6 Å². The summed E-state index contributed by atoms with van der Waals surface area (Å²) in [5, 5.41) is 0. The maximum atomic E-state index is 10.8. The summed E-state index contributed by atoms with van der Waals surface area (Å²) >= 11 is 0. The van der Waals surface area contributed by atoms with E-state index in [1.54, 1.807) is 12.1 Å². The molecule has 0 aliphatic rings. The van der Waals surface area contributed by atoms with Gasteiger partial charge in [-0.3, -0.25) is 4.55 Å². The highest BCUT2D eigenvalue weighted by atomic mass is 32.2. The van der Waals surface area contributed by atoms with E-state index in [2.05, 4.69) is 4.98 Å². The summed E-state index contributed by atoms with van der Waals surface area (Å²) in [5.41, 5.74) is 0. The Morgan fingerprint density at radius 3 is 2.29 bits per heavy atom. The zero-order valence-corrected chi connectivity index (χ0v) is 9.46. The SMILES string of the molecule is O=S(=O)(O)c1ccc(Oc2ccccc2)nc1. The first-order valence-corrected chi connectivity index (χ1v) is 6.16. The zero-order chi connectivity index (χ0) is 12.3. The second-order valence-corrected chi connectivity index (χ2v) is 4.64. The van der Waals surface area contributed by atoms with Crippen LogP contribution in [0.25, 0.3) is 0 Å². The number of aromatic nitrogens is 1. The van der Waals surface area contributed by atoms with E-state index in [-0.39, 0.29) is 10.8 Å². The fourth-order valence-corrected chi connectivity index (χ4v) is 1.61. The van der Waals surface area contributed by atoms with E-state index >= 15 is 0 Å². The predicted molar refractivity (Wildman–Crippen MR) is 60.6 cm³/mol. The smallest absolute Gasteiger partial charge is 0.296 e. The van der Waals surface area contributed by atoms with Gasteiger partial charge in [0.05, 0.1) is 6.20 Å². The standard InChI is InChI=1S/C11H9NO4S/c13-17(14,15)10-6-7-11(12-8-10)16-9-4-2-1-3-5-9/h1-8H,(H,13,14,15). The van der Waals surface area contributed by atoms with Crippen molar-refractivity contribution in [2.24, 2.45) is 0 Å². The Bertz CT molecular complexity index is 593. The van der Waals surface area contributed by atoms with Gasteiger partial charge in [0.15, 0.2) is 0 Å². The minimum atomic E-state index is -4.21. The van der Waals surface area contributed by atoms with Crippen LogP contribution in [0, 0.1) is 0 Å². The van der Waals surface area contributed by atoms with Gasteiger partial charge in [0.25, 0.3) is 10.1 Å². The Morgan fingerprint density at radius 2 is 1.76 bits per heavy atom. The molecule has 0 unspecified atom stereocenters. The summed E-state index contributed by atoms with van der Waals surface area (Å²) in [5.74, 6) is 0.850. The number of rotatable bonds is 3. The largest absolute Gasteiger partial charge is 0.439 e. The highest BCUT2D eigenvalue weighted by molar-refractivity contribution is 7.85. The Hall–Kier alpha value is -1.92. The van der Waals surface area contributed by atoms with Crippen molar-refractivity contribution < 1.29 is 17.7 Å². The molecule has 0 bridgehead atoms. The van der Waals surface area contributed by atoms with E-state index in [4.69, 9.17) is 9.29 Å². The Balaban J connectivity index is 2.20. The molecule has 6 heteroatoms. The number of hydrogen-bond donors (Lipinski definition) is 1. The predicted octanol–water partition coefficient (Wildman–Crippen LogP) is 2.12. The van der Waals surface area contributed by atoms with E-state index in [1.807, 2.05) is 18.2 Å². The van der Waals surface area contributed by atoms with Crippen LogP contribution < -0.4 is 4.74 Å². The summed E-state index contributed by atoms with van der Waals surface area (Å²) in [7, 11) is -4.21. The van der Waals surface area contributed by atoms with Crippen molar-refractivity contribution in [2.75, 3.05) is 0 Å². The normalized spacial score (nSPS) is 11.1. The van der Waals surface area contributed by atoms with Crippen LogP contribution in [0.4, 0.5) is 0 Å². The number of para-hydroxylation sites is 1. The maximum absolute atomic E-state index is 10.8. The summed E-state index contributed by atoms with van der Waals surface area (Å²) in [6.45, 7) is 0. The highest BCUT2D eigenvalue weighted by Crippen LogP contribution is 2.19. The number of ether oxygens (including phenoxy) is 1. The van der Waals surface area contributed by atoms with Crippen molar-refractivity contribution in [1.29, 1.82) is 0 Å². The minimum Gasteiger partial charge on any atom is -0.439 e. The van der Waals surface area contributed by atoms with E-state index in [1.165, 1.54) is 12.1 Å². The van der Waals surface area contributed by atoms with E-state index in [0.717, 1.165) is 6.20 Å². The highest BCUT2D eigenvalue weighted by Gasteiger charge is 2.09. The molecule has 0 fully saturated rings. The van der Waals surface area contributed by atoms with Crippen LogP contribution in [-0.4, -0.2) is 18.0 Å². The van der Waals surface area contributed by atoms with Crippen LogP contribution in [0.5, 0.6) is 11.6 Å². The van der Waals surface area contributed by atoms with Gasteiger partial charge in [-0.05, 0) is 18.2 Å². The molecule has 0 atom stereocenters. The molecular weight excluding hydrogens is 242 g/mol. The zero-order valence-electron chi connectivity index (χ0n) is 8.65. The molecule has 0 aliphatic heterocycles. The van der Waals surface area contributed by atoms with Crippen LogP contribution in [0.1, 0.15) is 0 Å². The molecule has 2 aromatic rings. The number of hydrogen-bond acceptors (Lipinski definition) is 4. The molecule has 2 rings (SSSR count). The van der Waals surface area contributed by atoms with Crippen molar-refractivity contribution >= 4 is 10.1 Å². The van der Waals surface area contributed by atoms with Crippen LogP contribution in [-0.2, 0) is 10.1 Å². The topological polar surface area (TPSA) is 76.5 Å². The lowest BCUT2D eigenvalue weighted by molar-refractivity contribution is 0.460. The minimum absolute atomic E-state index is 0.253. The van der Waals surface area contributed by atoms with Crippen molar-refractivity contribution in [3.63, 3.8) is 0 Å². The summed E-state index contributed by atoms with van der Waals surface area (Å²) in [6.07, 6.45) is 1.04. The second-order valence-electron chi connectivity index (χ2n) is 3.22. The number of pyridine rings is 1.